The summed E-state index contributed by atoms with van der Waals surface area (Å²) in [7, 11) is 0. The van der Waals surface area contributed by atoms with Gasteiger partial charge < -0.3 is 24.8 Å². The summed E-state index contributed by atoms with van der Waals surface area (Å²) in [5.41, 5.74) is 11.2. The minimum atomic E-state index is -0.309. The SMILES string of the molecule is CC(C)(C)c1cc2c(O)c(c1)-c1cc(C(C)(C)C)cc(c1O)Cc1cccc3c1oc1c(cccc13)Cc1cc(C(C)(C)C)cc(c1O)-c1cc(C(C)(C)C)cc(c1O)C2. The van der Waals surface area contributed by atoms with Crippen LogP contribution in [0.2, 0.25) is 0 Å². The Hall–Kier alpha value is -5.68. The van der Waals surface area contributed by atoms with Gasteiger partial charge in [0.1, 0.15) is 34.2 Å². The highest BCUT2D eigenvalue weighted by Gasteiger charge is 2.29. The number of hydrogen-bond donors (Lipinski definition) is 4. The quantitative estimate of drug-likeness (QED) is 0.123. The van der Waals surface area contributed by atoms with Crippen LogP contribution in [0.25, 0.3) is 44.2 Å². The van der Waals surface area contributed by atoms with Crippen molar-refractivity contribution in [2.24, 2.45) is 0 Å². The van der Waals surface area contributed by atoms with E-state index in [0.717, 1.165) is 66.4 Å². The number of benzene rings is 6. The standard InChI is InChI=1S/C55H60O5/c1-52(2,3)36-22-32-19-30-15-13-17-40-41-18-14-16-31(51(41)60-50(30)40)20-33-23-37(53(4,5)6)27-43(47(33)57)45-29-39(55(10,11)12)25-35(49(45)59)21-34-24-38(54(7,8)9)28-44(48(34)58)42(26-36)46(32)56/h13-18,22-29,56-59H,19-21H2,1-12H3. The van der Waals surface area contributed by atoms with E-state index in [1.807, 2.05) is 48.5 Å². The highest BCUT2D eigenvalue weighted by molar-refractivity contribution is 6.07. The van der Waals surface area contributed by atoms with Crippen LogP contribution >= 0.6 is 0 Å². The Morgan fingerprint density at radius 3 is 0.850 bits per heavy atom. The lowest BCUT2D eigenvalue weighted by Crippen LogP contribution is -2.14. The van der Waals surface area contributed by atoms with Crippen molar-refractivity contribution in [1.29, 1.82) is 0 Å². The lowest BCUT2D eigenvalue weighted by molar-refractivity contribution is 0.457. The van der Waals surface area contributed by atoms with E-state index in [-0.39, 0.29) is 51.1 Å². The molecule has 8 rings (SSSR count). The Balaban J connectivity index is 1.53. The molecule has 1 aliphatic heterocycles. The average Bonchev–Trinajstić information content (AvgIpc) is 3.53. The number of rotatable bonds is 0. The lowest BCUT2D eigenvalue weighted by Gasteiger charge is -2.27. The maximum atomic E-state index is 12.5. The molecule has 0 aliphatic carbocycles. The molecule has 4 N–H and O–H groups in total. The average molecular weight is 801 g/mol. The summed E-state index contributed by atoms with van der Waals surface area (Å²) < 4.78 is 6.89. The molecule has 5 heteroatoms. The first-order chi connectivity index (χ1) is 27.9. The normalized spacial score (nSPS) is 13.7. The number of para-hydroxylation sites is 2. The van der Waals surface area contributed by atoms with Gasteiger partial charge in [-0.1, -0.05) is 144 Å². The minimum Gasteiger partial charge on any atom is -0.507 e. The summed E-state index contributed by atoms with van der Waals surface area (Å²) >= 11 is 0. The Labute approximate surface area is 355 Å². The minimum absolute atomic E-state index is 0.0543. The zero-order valence-corrected chi connectivity index (χ0v) is 37.4. The van der Waals surface area contributed by atoms with Gasteiger partial charge in [0.05, 0.1) is 0 Å². The predicted molar refractivity (Wildman–Crippen MR) is 247 cm³/mol. The molecule has 2 heterocycles. The molecule has 5 nitrogen and oxygen atoms in total. The van der Waals surface area contributed by atoms with Crippen LogP contribution in [0, 0.1) is 0 Å². The van der Waals surface area contributed by atoms with Crippen molar-refractivity contribution in [1.82, 2.24) is 0 Å². The van der Waals surface area contributed by atoms with E-state index in [1.54, 1.807) is 0 Å². The summed E-state index contributed by atoms with van der Waals surface area (Å²) in [6, 6.07) is 28.7. The van der Waals surface area contributed by atoms with E-state index in [1.165, 1.54) is 0 Å². The fourth-order valence-electron chi connectivity index (χ4n) is 8.70. The van der Waals surface area contributed by atoms with E-state index in [4.69, 9.17) is 4.42 Å². The molecule has 10 bridgehead atoms. The predicted octanol–water partition coefficient (Wildman–Crippen LogP) is 14.0. The molecule has 0 unspecified atom stereocenters. The molecule has 1 aliphatic rings. The van der Waals surface area contributed by atoms with Gasteiger partial charge in [-0.3, -0.25) is 0 Å². The van der Waals surface area contributed by atoms with Crippen molar-refractivity contribution in [3.8, 4) is 45.3 Å². The van der Waals surface area contributed by atoms with Crippen molar-refractivity contribution in [2.45, 2.75) is 124 Å². The number of phenolic OH excluding ortho intramolecular Hbond substituents is 4. The van der Waals surface area contributed by atoms with Crippen LogP contribution in [0.1, 0.15) is 139 Å². The van der Waals surface area contributed by atoms with Crippen LogP contribution in [-0.2, 0) is 40.9 Å². The Bertz CT molecular complexity index is 2670. The molecule has 0 saturated heterocycles. The highest BCUT2D eigenvalue weighted by atomic mass is 16.3. The van der Waals surface area contributed by atoms with Crippen molar-refractivity contribution in [3.63, 3.8) is 0 Å². The molecule has 60 heavy (non-hydrogen) atoms. The number of hydrogen-bond acceptors (Lipinski definition) is 5. The Morgan fingerprint density at radius 1 is 0.350 bits per heavy atom. The highest BCUT2D eigenvalue weighted by Crippen LogP contribution is 2.49. The third-order valence-electron chi connectivity index (χ3n) is 12.6. The first kappa shape index (κ1) is 41.1. The molecule has 7 aromatic rings. The van der Waals surface area contributed by atoms with Crippen LogP contribution in [0.4, 0.5) is 0 Å². The van der Waals surface area contributed by atoms with Crippen LogP contribution in [-0.4, -0.2) is 20.4 Å². The lowest BCUT2D eigenvalue weighted by atomic mass is 9.79. The van der Waals surface area contributed by atoms with Gasteiger partial charge in [0.2, 0.25) is 0 Å². The molecule has 0 fully saturated rings. The van der Waals surface area contributed by atoms with Crippen LogP contribution in [0.5, 0.6) is 23.0 Å². The Kier molecular flexibility index (Phi) is 9.54. The third kappa shape index (κ3) is 7.20. The fraction of sp³-hybridized carbons (Fsp3) is 0.345. The second-order valence-corrected chi connectivity index (χ2v) is 21.3. The maximum Gasteiger partial charge on any atom is 0.138 e. The molecule has 0 saturated carbocycles. The molecular weight excluding hydrogens is 741 g/mol. The van der Waals surface area contributed by atoms with Gasteiger partial charge >= 0.3 is 0 Å². The number of aromatic hydroxyl groups is 4. The molecule has 0 spiro atoms. The fourth-order valence-corrected chi connectivity index (χ4v) is 8.70. The van der Waals surface area contributed by atoms with Crippen molar-refractivity contribution in [3.05, 3.63) is 141 Å². The summed E-state index contributed by atoms with van der Waals surface area (Å²) in [5.74, 6) is 0.334. The topological polar surface area (TPSA) is 94.1 Å². The smallest absolute Gasteiger partial charge is 0.138 e. The summed E-state index contributed by atoms with van der Waals surface area (Å²) in [4.78, 5) is 0. The van der Waals surface area contributed by atoms with Gasteiger partial charge in [0.15, 0.2) is 0 Å². The summed E-state index contributed by atoms with van der Waals surface area (Å²) in [6.45, 7) is 25.8. The Morgan fingerprint density at radius 2 is 0.600 bits per heavy atom. The monoisotopic (exact) mass is 800 g/mol. The summed E-state index contributed by atoms with van der Waals surface area (Å²) in [6.07, 6.45) is 1.01. The second-order valence-electron chi connectivity index (χ2n) is 21.3. The second kappa shape index (κ2) is 13.9. The van der Waals surface area contributed by atoms with Gasteiger partial charge in [0, 0.05) is 52.3 Å². The number of furan rings is 1. The molecule has 0 radical (unpaired) electrons. The molecule has 0 amide bonds. The van der Waals surface area contributed by atoms with E-state index < -0.39 is 0 Å². The third-order valence-corrected chi connectivity index (χ3v) is 12.6. The van der Waals surface area contributed by atoms with Crippen molar-refractivity contribution < 1.29 is 24.8 Å². The van der Waals surface area contributed by atoms with Crippen LogP contribution in [0.3, 0.4) is 0 Å². The van der Waals surface area contributed by atoms with Crippen molar-refractivity contribution >= 4 is 21.9 Å². The van der Waals surface area contributed by atoms with E-state index in [0.29, 0.717) is 46.2 Å². The number of fused-ring (bicyclic) bond motifs is 11. The first-order valence-corrected chi connectivity index (χ1v) is 21.3. The molecule has 6 aromatic carbocycles. The maximum absolute atomic E-state index is 12.5. The van der Waals surface area contributed by atoms with Gasteiger partial charge in [-0.05, 0) is 102 Å². The summed E-state index contributed by atoms with van der Waals surface area (Å²) in [5, 5.41) is 51.7. The largest absolute Gasteiger partial charge is 0.507 e. The molecule has 310 valence electrons. The molecule has 1 aromatic heterocycles. The first-order valence-electron chi connectivity index (χ1n) is 21.3. The zero-order valence-electron chi connectivity index (χ0n) is 37.4. The van der Waals surface area contributed by atoms with E-state index >= 15 is 0 Å². The van der Waals surface area contributed by atoms with Gasteiger partial charge in [0.25, 0.3) is 0 Å². The van der Waals surface area contributed by atoms with E-state index in [2.05, 4.69) is 119 Å². The van der Waals surface area contributed by atoms with Crippen molar-refractivity contribution in [2.75, 3.05) is 0 Å². The van der Waals surface area contributed by atoms with Gasteiger partial charge in [-0.2, -0.15) is 0 Å². The molecule has 0 atom stereocenters. The van der Waals surface area contributed by atoms with E-state index in [9.17, 15) is 20.4 Å². The number of phenols is 4. The van der Waals surface area contributed by atoms with Gasteiger partial charge in [-0.15, -0.1) is 0 Å². The zero-order chi connectivity index (χ0) is 43.4. The van der Waals surface area contributed by atoms with Gasteiger partial charge in [-0.25, -0.2) is 0 Å². The van der Waals surface area contributed by atoms with Crippen LogP contribution < -0.4 is 0 Å². The molecular formula is C55H60O5. The van der Waals surface area contributed by atoms with Crippen LogP contribution in [0.15, 0.2) is 89.3 Å².